The second-order valence-corrected chi connectivity index (χ2v) is 8.02. The predicted molar refractivity (Wildman–Crippen MR) is 100 cm³/mol. The molecule has 132 valence electrons. The van der Waals surface area contributed by atoms with Crippen molar-refractivity contribution >= 4 is 20.9 Å². The van der Waals surface area contributed by atoms with Crippen molar-refractivity contribution in [1.29, 1.82) is 0 Å². The Hall–Kier alpha value is -2.31. The van der Waals surface area contributed by atoms with E-state index >= 15 is 0 Å². The number of fused-ring (bicyclic) bond motifs is 1. The number of methoxy groups -OCH3 is 1. The molecule has 3 aromatic rings. The largest absolute Gasteiger partial charge is 0.497 e. The van der Waals surface area contributed by atoms with Crippen LogP contribution in [-0.4, -0.2) is 20.1 Å². The van der Waals surface area contributed by atoms with Crippen molar-refractivity contribution in [3.63, 3.8) is 0 Å². The Kier molecular flexibility index (Phi) is 4.83. The van der Waals surface area contributed by atoms with Crippen LogP contribution in [0.15, 0.2) is 48.7 Å². The maximum absolute atomic E-state index is 12.4. The Bertz CT molecular complexity index is 1010. The number of aromatic nitrogens is 1. The Labute approximate surface area is 148 Å². The van der Waals surface area contributed by atoms with Crippen LogP contribution in [0.5, 0.6) is 5.75 Å². The van der Waals surface area contributed by atoms with Crippen molar-refractivity contribution in [2.75, 3.05) is 7.11 Å². The minimum absolute atomic E-state index is 0.0250. The highest BCUT2D eigenvalue weighted by Gasteiger charge is 2.14. The Morgan fingerprint density at radius 1 is 1.16 bits per heavy atom. The summed E-state index contributed by atoms with van der Waals surface area (Å²) >= 11 is 0. The van der Waals surface area contributed by atoms with E-state index in [4.69, 9.17) is 4.74 Å². The average Bonchev–Trinajstić information content (AvgIpc) is 2.88. The Morgan fingerprint density at radius 3 is 2.68 bits per heavy atom. The number of nitrogens with zero attached hydrogens (tertiary/aromatic N) is 1. The summed E-state index contributed by atoms with van der Waals surface area (Å²) in [5.74, 6) is 0.727. The van der Waals surface area contributed by atoms with Gasteiger partial charge in [0.1, 0.15) is 5.75 Å². The van der Waals surface area contributed by atoms with Gasteiger partial charge in [-0.05, 0) is 36.2 Å². The van der Waals surface area contributed by atoms with E-state index in [1.165, 1.54) is 0 Å². The molecule has 0 unspecified atom stereocenters. The van der Waals surface area contributed by atoms with Crippen LogP contribution in [0.2, 0.25) is 0 Å². The number of aryl methyl sites for hydroxylation is 2. The van der Waals surface area contributed by atoms with Gasteiger partial charge in [0.2, 0.25) is 10.0 Å². The zero-order valence-corrected chi connectivity index (χ0v) is 15.4. The lowest BCUT2D eigenvalue weighted by atomic mass is 10.1. The van der Waals surface area contributed by atoms with Crippen molar-refractivity contribution < 1.29 is 13.2 Å². The molecule has 1 N–H and O–H groups in total. The molecule has 0 atom stereocenters. The van der Waals surface area contributed by atoms with Crippen LogP contribution < -0.4 is 9.46 Å². The van der Waals surface area contributed by atoms with E-state index in [1.54, 1.807) is 7.11 Å². The standard InChI is InChI=1S/C19H22N2O3S/c1-14-5-4-6-15(9-14)13-25(22,23)20-11-16-12-21(2)19-8-7-17(24-3)10-18(16)19/h4-10,12,20H,11,13H2,1-3H3. The number of ether oxygens (including phenoxy) is 1. The third kappa shape index (κ3) is 4.03. The topological polar surface area (TPSA) is 60.3 Å². The molecule has 2 aromatic carbocycles. The van der Waals surface area contributed by atoms with Crippen LogP contribution in [0.1, 0.15) is 16.7 Å². The molecule has 0 saturated carbocycles. The summed E-state index contributed by atoms with van der Waals surface area (Å²) in [6.07, 6.45) is 1.94. The summed E-state index contributed by atoms with van der Waals surface area (Å²) in [7, 11) is 0.148. The normalized spacial score (nSPS) is 11.8. The highest BCUT2D eigenvalue weighted by atomic mass is 32.2. The first kappa shape index (κ1) is 17.5. The fourth-order valence-corrected chi connectivity index (χ4v) is 4.08. The number of nitrogens with one attached hydrogen (secondary N) is 1. The smallest absolute Gasteiger partial charge is 0.216 e. The van der Waals surface area contributed by atoms with Gasteiger partial charge in [0.05, 0.1) is 12.9 Å². The number of rotatable bonds is 6. The van der Waals surface area contributed by atoms with Crippen LogP contribution in [0.3, 0.4) is 0 Å². The van der Waals surface area contributed by atoms with Crippen LogP contribution in [0.25, 0.3) is 10.9 Å². The lowest BCUT2D eigenvalue weighted by molar-refractivity contribution is 0.415. The van der Waals surface area contributed by atoms with Crippen molar-refractivity contribution in [2.24, 2.45) is 7.05 Å². The maximum Gasteiger partial charge on any atom is 0.216 e. The number of benzene rings is 2. The zero-order chi connectivity index (χ0) is 18.0. The second-order valence-electron chi connectivity index (χ2n) is 6.22. The fourth-order valence-electron chi connectivity index (χ4n) is 2.98. The molecule has 0 bridgehead atoms. The summed E-state index contributed by atoms with van der Waals surface area (Å²) in [6.45, 7) is 2.20. The molecule has 0 spiro atoms. The molecular weight excluding hydrogens is 336 g/mol. The van der Waals surface area contributed by atoms with E-state index in [0.29, 0.717) is 0 Å². The summed E-state index contributed by atoms with van der Waals surface area (Å²) in [5.41, 5.74) is 3.79. The van der Waals surface area contributed by atoms with E-state index in [9.17, 15) is 8.42 Å². The van der Waals surface area contributed by atoms with Crippen LogP contribution in [-0.2, 0) is 29.4 Å². The summed E-state index contributed by atoms with van der Waals surface area (Å²) < 4.78 is 34.8. The molecule has 1 heterocycles. The first-order valence-corrected chi connectivity index (χ1v) is 9.68. The third-order valence-electron chi connectivity index (χ3n) is 4.20. The number of hydrogen-bond donors (Lipinski definition) is 1. The fraction of sp³-hybridized carbons (Fsp3) is 0.263. The first-order chi connectivity index (χ1) is 11.9. The van der Waals surface area contributed by atoms with Crippen molar-refractivity contribution in [2.45, 2.75) is 19.2 Å². The lowest BCUT2D eigenvalue weighted by Crippen LogP contribution is -2.24. The van der Waals surface area contributed by atoms with Gasteiger partial charge >= 0.3 is 0 Å². The SMILES string of the molecule is COc1ccc2c(c1)c(CNS(=O)(=O)Cc1cccc(C)c1)cn2C. The molecule has 0 aliphatic heterocycles. The summed E-state index contributed by atoms with van der Waals surface area (Å²) in [6, 6.07) is 13.3. The summed E-state index contributed by atoms with van der Waals surface area (Å²) in [4.78, 5) is 0. The van der Waals surface area contributed by atoms with Gasteiger partial charge in [-0.15, -0.1) is 0 Å². The highest BCUT2D eigenvalue weighted by molar-refractivity contribution is 7.88. The molecule has 0 amide bonds. The molecule has 3 rings (SSSR count). The summed E-state index contributed by atoms with van der Waals surface area (Å²) in [5, 5.41) is 0.986. The van der Waals surface area contributed by atoms with Gasteiger partial charge in [0, 0.05) is 30.7 Å². The van der Waals surface area contributed by atoms with Crippen molar-refractivity contribution in [1.82, 2.24) is 9.29 Å². The minimum Gasteiger partial charge on any atom is -0.497 e. The molecule has 1 aromatic heterocycles. The van der Waals surface area contributed by atoms with Gasteiger partial charge in [-0.2, -0.15) is 0 Å². The third-order valence-corrected chi connectivity index (χ3v) is 5.50. The van der Waals surface area contributed by atoms with Gasteiger partial charge in [-0.1, -0.05) is 29.8 Å². The van der Waals surface area contributed by atoms with E-state index < -0.39 is 10.0 Å². The molecule has 0 fully saturated rings. The first-order valence-electron chi connectivity index (χ1n) is 8.03. The average molecular weight is 358 g/mol. The van der Waals surface area contributed by atoms with E-state index in [1.807, 2.05) is 67.2 Å². The molecule has 5 nitrogen and oxygen atoms in total. The molecule has 0 radical (unpaired) electrons. The molecule has 0 aliphatic carbocycles. The lowest BCUT2D eigenvalue weighted by Gasteiger charge is -2.07. The van der Waals surface area contributed by atoms with Crippen molar-refractivity contribution in [3.8, 4) is 5.75 Å². The van der Waals surface area contributed by atoms with Gasteiger partial charge in [-0.3, -0.25) is 0 Å². The monoisotopic (exact) mass is 358 g/mol. The van der Waals surface area contributed by atoms with E-state index in [0.717, 1.165) is 33.3 Å². The molecule has 0 aliphatic rings. The maximum atomic E-state index is 12.4. The second kappa shape index (κ2) is 6.90. The minimum atomic E-state index is -3.42. The van der Waals surface area contributed by atoms with E-state index in [2.05, 4.69) is 4.72 Å². The molecule has 25 heavy (non-hydrogen) atoms. The van der Waals surface area contributed by atoms with Gasteiger partial charge in [0.15, 0.2) is 0 Å². The molecule has 6 heteroatoms. The van der Waals surface area contributed by atoms with Gasteiger partial charge in [0.25, 0.3) is 0 Å². The van der Waals surface area contributed by atoms with Crippen molar-refractivity contribution in [3.05, 3.63) is 65.4 Å². The number of hydrogen-bond acceptors (Lipinski definition) is 3. The molecule has 0 saturated heterocycles. The quantitative estimate of drug-likeness (QED) is 0.736. The van der Waals surface area contributed by atoms with Crippen LogP contribution in [0.4, 0.5) is 0 Å². The Balaban J connectivity index is 1.79. The molecular formula is C19H22N2O3S. The van der Waals surface area contributed by atoms with Gasteiger partial charge in [-0.25, -0.2) is 13.1 Å². The highest BCUT2D eigenvalue weighted by Crippen LogP contribution is 2.25. The van der Waals surface area contributed by atoms with E-state index in [-0.39, 0.29) is 12.3 Å². The predicted octanol–water partition coefficient (Wildman–Crippen LogP) is 3.11. The van der Waals surface area contributed by atoms with Crippen LogP contribution >= 0.6 is 0 Å². The zero-order valence-electron chi connectivity index (χ0n) is 14.6. The Morgan fingerprint density at radius 2 is 1.96 bits per heavy atom. The number of sulfonamides is 1. The van der Waals surface area contributed by atoms with Gasteiger partial charge < -0.3 is 9.30 Å². The van der Waals surface area contributed by atoms with Crippen LogP contribution in [0, 0.1) is 6.92 Å².